The van der Waals surface area contributed by atoms with Crippen LogP contribution in [0.2, 0.25) is 0 Å². The van der Waals surface area contributed by atoms with E-state index in [-0.39, 0.29) is 0 Å². The first kappa shape index (κ1) is 13.1. The maximum Gasteiger partial charge on any atom is 0.323 e. The Morgan fingerprint density at radius 3 is 2.41 bits per heavy atom. The van der Waals surface area contributed by atoms with Gasteiger partial charge in [-0.25, -0.2) is 18.0 Å². The molecule has 0 aliphatic heterocycles. The summed E-state index contributed by atoms with van der Waals surface area (Å²) in [6.45, 7) is 3.50. The predicted octanol–water partition coefficient (Wildman–Crippen LogP) is 3.15. The predicted molar refractivity (Wildman–Crippen MR) is 57.9 cm³/mol. The Morgan fingerprint density at radius 2 is 1.82 bits per heavy atom. The summed E-state index contributed by atoms with van der Waals surface area (Å²) in [5.41, 5.74) is 0.398. The van der Waals surface area contributed by atoms with Crippen molar-refractivity contribution in [3.63, 3.8) is 0 Å². The summed E-state index contributed by atoms with van der Waals surface area (Å²) in [6.07, 6.45) is 1.40. The largest absolute Gasteiger partial charge is 0.323 e. The van der Waals surface area contributed by atoms with E-state index < -0.39 is 29.2 Å². The smallest absolute Gasteiger partial charge is 0.314 e. The number of urea groups is 1. The van der Waals surface area contributed by atoms with Crippen molar-refractivity contribution in [2.75, 3.05) is 5.32 Å². The van der Waals surface area contributed by atoms with E-state index in [9.17, 15) is 18.0 Å². The number of hydrogen-bond donors (Lipinski definition) is 2. The van der Waals surface area contributed by atoms with Crippen LogP contribution >= 0.6 is 0 Å². The normalized spacial score (nSPS) is 9.71. The molecule has 0 aromatic heterocycles. The van der Waals surface area contributed by atoms with Gasteiger partial charge in [-0.05, 0) is 26.0 Å². The second-order valence-electron chi connectivity index (χ2n) is 3.54. The molecule has 0 heterocycles. The van der Waals surface area contributed by atoms with Crippen LogP contribution in [0.25, 0.3) is 0 Å². The Balaban J connectivity index is 2.79. The highest BCUT2D eigenvalue weighted by molar-refractivity contribution is 5.90. The fourth-order valence-corrected chi connectivity index (χ4v) is 0.991. The summed E-state index contributed by atoms with van der Waals surface area (Å²) in [4.78, 5) is 11.2. The van der Waals surface area contributed by atoms with Crippen molar-refractivity contribution in [2.45, 2.75) is 13.8 Å². The van der Waals surface area contributed by atoms with Crippen LogP contribution in [0.1, 0.15) is 13.8 Å². The molecule has 1 aromatic carbocycles. The fraction of sp³-hybridized carbons (Fsp3) is 0.182. The number of amides is 2. The molecule has 1 rings (SSSR count). The fourth-order valence-electron chi connectivity index (χ4n) is 0.991. The second kappa shape index (κ2) is 5.38. The average Bonchev–Trinajstić information content (AvgIpc) is 2.27. The summed E-state index contributed by atoms with van der Waals surface area (Å²) in [5, 5.41) is 4.35. The molecule has 2 N–H and O–H groups in total. The molecule has 0 bridgehead atoms. The number of allylic oxidation sites excluding steroid dienone is 1. The monoisotopic (exact) mass is 244 g/mol. The van der Waals surface area contributed by atoms with E-state index in [1.165, 1.54) is 6.20 Å². The minimum atomic E-state index is -1.62. The zero-order valence-corrected chi connectivity index (χ0v) is 9.27. The lowest BCUT2D eigenvalue weighted by Crippen LogP contribution is -2.25. The Labute approximate surface area is 96.3 Å². The Bertz CT molecular complexity index is 468. The highest BCUT2D eigenvalue weighted by Crippen LogP contribution is 2.19. The van der Waals surface area contributed by atoms with Crippen LogP contribution in [0.4, 0.5) is 23.7 Å². The number of carbonyl (C=O) groups excluding carboxylic acids is 1. The molecule has 2 amide bonds. The third-order valence-electron chi connectivity index (χ3n) is 1.78. The quantitative estimate of drug-likeness (QED) is 0.771. The van der Waals surface area contributed by atoms with Gasteiger partial charge in [0.05, 0.1) is 5.69 Å². The Morgan fingerprint density at radius 1 is 1.18 bits per heavy atom. The van der Waals surface area contributed by atoms with Gasteiger partial charge in [-0.2, -0.15) is 0 Å². The molecule has 3 nitrogen and oxygen atoms in total. The first-order chi connectivity index (χ1) is 7.91. The first-order valence-electron chi connectivity index (χ1n) is 4.76. The average molecular weight is 244 g/mol. The van der Waals surface area contributed by atoms with Gasteiger partial charge in [-0.1, -0.05) is 5.57 Å². The molecule has 17 heavy (non-hydrogen) atoms. The van der Waals surface area contributed by atoms with Crippen LogP contribution in [-0.2, 0) is 0 Å². The molecule has 6 heteroatoms. The SMILES string of the molecule is CC(C)=CNC(=O)Nc1ccc(F)c(F)c1F. The van der Waals surface area contributed by atoms with Gasteiger partial charge in [0.2, 0.25) is 0 Å². The standard InChI is InChI=1S/C11H11F3N2O/c1-6(2)5-15-11(17)16-8-4-3-7(12)9(13)10(8)14/h3-5H,1-2H3,(H2,15,16,17). The number of nitrogens with one attached hydrogen (secondary N) is 2. The zero-order chi connectivity index (χ0) is 13.0. The van der Waals surface area contributed by atoms with E-state index in [4.69, 9.17) is 0 Å². The van der Waals surface area contributed by atoms with E-state index in [1.807, 2.05) is 0 Å². The molecule has 0 fully saturated rings. The third kappa shape index (κ3) is 3.51. The van der Waals surface area contributed by atoms with Crippen LogP contribution in [-0.4, -0.2) is 6.03 Å². The molecule has 0 unspecified atom stereocenters. The van der Waals surface area contributed by atoms with E-state index in [2.05, 4.69) is 10.6 Å². The summed E-state index contributed by atoms with van der Waals surface area (Å²) < 4.78 is 38.6. The minimum Gasteiger partial charge on any atom is -0.314 e. The van der Waals surface area contributed by atoms with Crippen LogP contribution in [0.15, 0.2) is 23.9 Å². The second-order valence-corrected chi connectivity index (χ2v) is 3.54. The van der Waals surface area contributed by atoms with Gasteiger partial charge in [0.15, 0.2) is 17.5 Å². The van der Waals surface area contributed by atoms with Crippen LogP contribution in [0.3, 0.4) is 0 Å². The summed E-state index contributed by atoms with van der Waals surface area (Å²) in [7, 11) is 0. The molecule has 0 saturated heterocycles. The highest BCUT2D eigenvalue weighted by Gasteiger charge is 2.14. The van der Waals surface area contributed by atoms with Crippen molar-refractivity contribution < 1.29 is 18.0 Å². The number of benzene rings is 1. The molecule has 0 aliphatic carbocycles. The Kier molecular flexibility index (Phi) is 4.14. The summed E-state index contributed by atoms with van der Waals surface area (Å²) in [6, 6.07) is 0.932. The van der Waals surface area contributed by atoms with Crippen molar-refractivity contribution in [1.29, 1.82) is 0 Å². The molecule has 0 radical (unpaired) electrons. The summed E-state index contributed by atoms with van der Waals surface area (Å²) in [5.74, 6) is -4.36. The highest BCUT2D eigenvalue weighted by atomic mass is 19.2. The van der Waals surface area contributed by atoms with Crippen LogP contribution in [0.5, 0.6) is 0 Å². The van der Waals surface area contributed by atoms with Crippen molar-refractivity contribution in [3.05, 3.63) is 41.4 Å². The first-order valence-corrected chi connectivity index (χ1v) is 4.76. The van der Waals surface area contributed by atoms with Gasteiger partial charge in [-0.3, -0.25) is 0 Å². The van der Waals surface area contributed by atoms with Crippen LogP contribution in [0, 0.1) is 17.5 Å². The lowest BCUT2D eigenvalue weighted by Gasteiger charge is -2.06. The van der Waals surface area contributed by atoms with Gasteiger partial charge in [0.1, 0.15) is 0 Å². The third-order valence-corrected chi connectivity index (χ3v) is 1.78. The number of halogens is 3. The van der Waals surface area contributed by atoms with E-state index >= 15 is 0 Å². The number of carbonyl (C=O) groups is 1. The number of rotatable bonds is 2. The maximum atomic E-state index is 13.1. The Hall–Kier alpha value is -1.98. The van der Waals surface area contributed by atoms with Crippen molar-refractivity contribution in [1.82, 2.24) is 5.32 Å². The molecular formula is C11H11F3N2O. The molecule has 0 saturated carbocycles. The van der Waals surface area contributed by atoms with Gasteiger partial charge >= 0.3 is 6.03 Å². The molecule has 0 aliphatic rings. The molecule has 1 aromatic rings. The van der Waals surface area contributed by atoms with E-state index in [1.54, 1.807) is 13.8 Å². The van der Waals surface area contributed by atoms with Gasteiger partial charge in [-0.15, -0.1) is 0 Å². The van der Waals surface area contributed by atoms with Crippen molar-refractivity contribution >= 4 is 11.7 Å². The molecule has 0 spiro atoms. The zero-order valence-electron chi connectivity index (χ0n) is 9.27. The van der Waals surface area contributed by atoms with E-state index in [0.717, 1.165) is 17.7 Å². The minimum absolute atomic E-state index is 0.427. The van der Waals surface area contributed by atoms with Gasteiger partial charge < -0.3 is 10.6 Å². The van der Waals surface area contributed by atoms with Gasteiger partial charge in [0, 0.05) is 6.20 Å². The molecule has 92 valence electrons. The lowest BCUT2D eigenvalue weighted by molar-refractivity contribution is 0.255. The molecule has 0 atom stereocenters. The molecular weight excluding hydrogens is 233 g/mol. The maximum absolute atomic E-state index is 13.1. The topological polar surface area (TPSA) is 41.1 Å². The number of hydrogen-bond acceptors (Lipinski definition) is 1. The lowest BCUT2D eigenvalue weighted by atomic mass is 10.3. The van der Waals surface area contributed by atoms with Crippen molar-refractivity contribution in [3.8, 4) is 0 Å². The van der Waals surface area contributed by atoms with Crippen molar-refractivity contribution in [2.24, 2.45) is 0 Å². The number of anilines is 1. The van der Waals surface area contributed by atoms with E-state index in [0.29, 0.717) is 0 Å². The van der Waals surface area contributed by atoms with Crippen LogP contribution < -0.4 is 10.6 Å². The summed E-state index contributed by atoms with van der Waals surface area (Å²) >= 11 is 0. The van der Waals surface area contributed by atoms with Gasteiger partial charge in [0.25, 0.3) is 0 Å².